The molecule has 4 aromatic rings. The highest BCUT2D eigenvalue weighted by atomic mass is 32.1. The van der Waals surface area contributed by atoms with E-state index in [2.05, 4.69) is 15.0 Å². The van der Waals surface area contributed by atoms with Gasteiger partial charge in [-0.2, -0.15) is 15.0 Å². The van der Waals surface area contributed by atoms with Gasteiger partial charge in [-0.25, -0.2) is 0 Å². The van der Waals surface area contributed by atoms with Gasteiger partial charge in [0, 0.05) is 17.5 Å². The van der Waals surface area contributed by atoms with Gasteiger partial charge >= 0.3 is 0 Å². The molecule has 0 saturated carbocycles. The summed E-state index contributed by atoms with van der Waals surface area (Å²) in [6, 6.07) is 13.3. The van der Waals surface area contributed by atoms with Crippen molar-refractivity contribution >= 4 is 28.6 Å². The Labute approximate surface area is 206 Å². The number of ether oxygens (including phenoxy) is 2. The highest BCUT2D eigenvalue weighted by molar-refractivity contribution is 7.07. The van der Waals surface area contributed by atoms with Crippen LogP contribution in [0.15, 0.2) is 65.0 Å². The van der Waals surface area contributed by atoms with E-state index >= 15 is 0 Å². The standard InChI is InChI=1S/C22H16N6O7S/c1-34-18-11-19(35-2)24-21(23-18)26-17(13-6-4-3-5-7-13)12-36-22(26)25-20(29)14-8-15(27(30)31)10-16(9-14)28(32)33/h3-12H,1-2H3. The summed E-state index contributed by atoms with van der Waals surface area (Å²) < 4.78 is 12.0. The number of nitro benzene ring substituents is 2. The number of carbonyl (C=O) groups is 1. The maximum atomic E-state index is 13.0. The van der Waals surface area contributed by atoms with Gasteiger partial charge in [0.1, 0.15) is 0 Å². The Morgan fingerprint density at radius 3 is 2.06 bits per heavy atom. The number of thiazole rings is 1. The molecule has 2 aromatic carbocycles. The van der Waals surface area contributed by atoms with E-state index in [0.29, 0.717) is 5.69 Å². The Balaban J connectivity index is 1.94. The third kappa shape index (κ3) is 4.92. The number of benzene rings is 2. The van der Waals surface area contributed by atoms with Crippen LogP contribution in [-0.4, -0.2) is 44.5 Å². The Kier molecular flexibility index (Phi) is 6.78. The predicted octanol–water partition coefficient (Wildman–Crippen LogP) is 3.57. The van der Waals surface area contributed by atoms with E-state index in [1.165, 1.54) is 24.9 Å². The summed E-state index contributed by atoms with van der Waals surface area (Å²) in [7, 11) is 2.85. The molecule has 2 aromatic heterocycles. The fraction of sp³-hybridized carbons (Fsp3) is 0.0909. The fourth-order valence-electron chi connectivity index (χ4n) is 3.17. The first kappa shape index (κ1) is 24.2. The van der Waals surface area contributed by atoms with Crippen molar-refractivity contribution in [2.24, 2.45) is 4.99 Å². The first-order chi connectivity index (χ1) is 17.3. The van der Waals surface area contributed by atoms with Crippen LogP contribution in [0.1, 0.15) is 10.4 Å². The maximum absolute atomic E-state index is 13.0. The molecule has 0 spiro atoms. The van der Waals surface area contributed by atoms with Gasteiger partial charge in [-0.15, -0.1) is 11.3 Å². The number of aromatic nitrogens is 3. The average Bonchev–Trinajstić information content (AvgIpc) is 3.31. The highest BCUT2D eigenvalue weighted by Gasteiger charge is 2.21. The molecule has 36 heavy (non-hydrogen) atoms. The van der Waals surface area contributed by atoms with Crippen LogP contribution in [0.25, 0.3) is 17.2 Å². The van der Waals surface area contributed by atoms with Crippen LogP contribution >= 0.6 is 11.3 Å². The summed E-state index contributed by atoms with van der Waals surface area (Å²) in [5.74, 6) is -0.447. The van der Waals surface area contributed by atoms with Crippen LogP contribution in [0.3, 0.4) is 0 Å². The zero-order valence-corrected chi connectivity index (χ0v) is 19.5. The Hall–Kier alpha value is -4.98. The van der Waals surface area contributed by atoms with Gasteiger partial charge in [0.25, 0.3) is 17.3 Å². The summed E-state index contributed by atoms with van der Waals surface area (Å²) in [6.45, 7) is 0. The van der Waals surface area contributed by atoms with Gasteiger partial charge in [0.2, 0.25) is 22.5 Å². The molecule has 0 atom stereocenters. The number of hydrogen-bond donors (Lipinski definition) is 0. The molecule has 2 heterocycles. The van der Waals surface area contributed by atoms with E-state index in [9.17, 15) is 25.0 Å². The van der Waals surface area contributed by atoms with Crippen molar-refractivity contribution in [1.82, 2.24) is 14.5 Å². The zero-order chi connectivity index (χ0) is 25.8. The van der Waals surface area contributed by atoms with E-state index in [1.807, 2.05) is 30.3 Å². The Morgan fingerprint density at radius 2 is 1.53 bits per heavy atom. The second-order valence-electron chi connectivity index (χ2n) is 7.03. The van der Waals surface area contributed by atoms with Crippen LogP contribution < -0.4 is 14.3 Å². The number of non-ortho nitro benzene ring substituents is 2. The van der Waals surface area contributed by atoms with Crippen molar-refractivity contribution in [3.8, 4) is 29.0 Å². The zero-order valence-electron chi connectivity index (χ0n) is 18.7. The normalized spacial score (nSPS) is 11.2. The van der Waals surface area contributed by atoms with Crippen molar-refractivity contribution in [2.45, 2.75) is 0 Å². The monoisotopic (exact) mass is 508 g/mol. The lowest BCUT2D eigenvalue weighted by atomic mass is 10.1. The Morgan fingerprint density at radius 1 is 0.944 bits per heavy atom. The number of nitro groups is 2. The number of rotatable bonds is 7. The van der Waals surface area contributed by atoms with Crippen molar-refractivity contribution in [3.63, 3.8) is 0 Å². The molecule has 14 heteroatoms. The second-order valence-corrected chi connectivity index (χ2v) is 7.86. The first-order valence-corrected chi connectivity index (χ1v) is 10.9. The van der Waals surface area contributed by atoms with Gasteiger partial charge in [-0.05, 0) is 5.56 Å². The summed E-state index contributed by atoms with van der Waals surface area (Å²) in [6.07, 6.45) is 0. The number of amides is 1. The molecule has 0 aliphatic carbocycles. The summed E-state index contributed by atoms with van der Waals surface area (Å²) in [5, 5.41) is 24.2. The molecule has 0 radical (unpaired) electrons. The van der Waals surface area contributed by atoms with E-state index in [0.717, 1.165) is 35.1 Å². The van der Waals surface area contributed by atoms with E-state index in [4.69, 9.17) is 9.47 Å². The quantitative estimate of drug-likeness (QED) is 0.268. The SMILES string of the molecule is COc1cc(OC)nc(-n2c(-c3ccccc3)csc2=NC(=O)c2cc([N+](=O)[O-])cc([N+](=O)[O-])c2)n1. The third-order valence-corrected chi connectivity index (χ3v) is 5.66. The van der Waals surface area contributed by atoms with Crippen LogP contribution in [0.4, 0.5) is 11.4 Å². The largest absolute Gasteiger partial charge is 0.481 e. The minimum Gasteiger partial charge on any atom is -0.481 e. The first-order valence-electron chi connectivity index (χ1n) is 10.1. The average molecular weight is 508 g/mol. The molecule has 0 aliphatic heterocycles. The van der Waals surface area contributed by atoms with Crippen LogP contribution in [0.5, 0.6) is 11.8 Å². The van der Waals surface area contributed by atoms with Crippen molar-refractivity contribution in [3.05, 3.63) is 90.6 Å². The van der Waals surface area contributed by atoms with Crippen molar-refractivity contribution in [2.75, 3.05) is 14.2 Å². The van der Waals surface area contributed by atoms with Crippen LogP contribution in [-0.2, 0) is 0 Å². The molecule has 0 fully saturated rings. The number of hydrogen-bond acceptors (Lipinski definition) is 10. The summed E-state index contributed by atoms with van der Waals surface area (Å²) >= 11 is 1.08. The summed E-state index contributed by atoms with van der Waals surface area (Å²) in [4.78, 5) is 46.8. The molecule has 182 valence electrons. The van der Waals surface area contributed by atoms with Gasteiger partial charge in [0.15, 0.2) is 0 Å². The maximum Gasteiger partial charge on any atom is 0.280 e. The molecular weight excluding hydrogens is 492 g/mol. The Bertz CT molecular complexity index is 1490. The van der Waals surface area contributed by atoms with E-state index < -0.39 is 27.1 Å². The van der Waals surface area contributed by atoms with Crippen molar-refractivity contribution < 1.29 is 24.1 Å². The molecule has 0 unspecified atom stereocenters. The molecule has 1 amide bonds. The fourth-order valence-corrected chi connectivity index (χ4v) is 4.05. The van der Waals surface area contributed by atoms with Gasteiger partial charge in [-0.1, -0.05) is 30.3 Å². The molecule has 4 rings (SSSR count). The smallest absolute Gasteiger partial charge is 0.280 e. The molecule has 0 bridgehead atoms. The lowest BCUT2D eigenvalue weighted by Gasteiger charge is -2.10. The topological polar surface area (TPSA) is 165 Å². The van der Waals surface area contributed by atoms with E-state index in [1.54, 1.807) is 5.38 Å². The van der Waals surface area contributed by atoms with Crippen LogP contribution in [0.2, 0.25) is 0 Å². The second kappa shape index (κ2) is 10.1. The molecular formula is C22H16N6O7S. The molecule has 0 saturated heterocycles. The molecule has 0 aliphatic rings. The third-order valence-electron chi connectivity index (χ3n) is 4.83. The lowest BCUT2D eigenvalue weighted by Crippen LogP contribution is -2.19. The number of methoxy groups -OCH3 is 2. The molecule has 13 nitrogen and oxygen atoms in total. The molecule has 0 N–H and O–H groups in total. The van der Waals surface area contributed by atoms with Gasteiger partial charge in [-0.3, -0.25) is 29.6 Å². The number of carbonyl (C=O) groups excluding carboxylic acids is 1. The number of nitrogens with zero attached hydrogens (tertiary/aromatic N) is 6. The minimum absolute atomic E-state index is 0.0860. The lowest BCUT2D eigenvalue weighted by molar-refractivity contribution is -0.394. The van der Waals surface area contributed by atoms with Gasteiger partial charge < -0.3 is 9.47 Å². The summed E-state index contributed by atoms with van der Waals surface area (Å²) in [5.41, 5.74) is -0.173. The van der Waals surface area contributed by atoms with E-state index in [-0.39, 0.29) is 28.1 Å². The minimum atomic E-state index is -0.924. The van der Waals surface area contributed by atoms with Crippen LogP contribution in [0, 0.1) is 20.2 Å². The predicted molar refractivity (Wildman–Crippen MR) is 127 cm³/mol. The van der Waals surface area contributed by atoms with Crippen molar-refractivity contribution in [1.29, 1.82) is 0 Å². The van der Waals surface area contributed by atoms with Gasteiger partial charge in [0.05, 0.1) is 47.5 Å². The highest BCUT2D eigenvalue weighted by Crippen LogP contribution is 2.26.